The fourth-order valence-electron chi connectivity index (χ4n) is 6.02. The lowest BCUT2D eigenvalue weighted by molar-refractivity contribution is -0.149. The van der Waals surface area contributed by atoms with Crippen molar-refractivity contribution in [3.63, 3.8) is 0 Å². The Kier molecular flexibility index (Phi) is 10.8. The van der Waals surface area contributed by atoms with Gasteiger partial charge in [-0.15, -0.1) is 0 Å². The van der Waals surface area contributed by atoms with Gasteiger partial charge in [-0.1, -0.05) is 41.5 Å². The van der Waals surface area contributed by atoms with Gasteiger partial charge in [0, 0.05) is 52.0 Å². The van der Waals surface area contributed by atoms with Gasteiger partial charge in [-0.05, 0) is 68.3 Å². The van der Waals surface area contributed by atoms with Gasteiger partial charge in [0.2, 0.25) is 6.04 Å². The molecule has 0 saturated heterocycles. The largest absolute Gasteiger partial charge is 0.479 e. The van der Waals surface area contributed by atoms with Gasteiger partial charge in [0.1, 0.15) is 11.3 Å². The number of carboxylic acid groups (broad SMARTS) is 2. The minimum absolute atomic E-state index is 0.00883. The van der Waals surface area contributed by atoms with Crippen molar-refractivity contribution in [2.45, 2.75) is 76.8 Å². The average Bonchev–Trinajstić information content (AvgIpc) is 3.66. The van der Waals surface area contributed by atoms with E-state index in [1.54, 1.807) is 32.2 Å². The Morgan fingerprint density at radius 3 is 2.19 bits per heavy atom. The third-order valence-electron chi connectivity index (χ3n) is 8.23. The third-order valence-corrected chi connectivity index (χ3v) is 10.3. The van der Waals surface area contributed by atoms with Crippen molar-refractivity contribution < 1.29 is 37.4 Å². The summed E-state index contributed by atoms with van der Waals surface area (Å²) in [5.74, 6) is -3.87. The zero-order chi connectivity index (χ0) is 35.6. The van der Waals surface area contributed by atoms with Crippen molar-refractivity contribution in [1.29, 1.82) is 0 Å². The number of carbonyl (C=O) groups excluding carboxylic acids is 1. The van der Waals surface area contributed by atoms with Gasteiger partial charge in [-0.2, -0.15) is 5.10 Å². The summed E-state index contributed by atoms with van der Waals surface area (Å²) < 4.78 is 31.8. The highest BCUT2D eigenvalue weighted by Crippen LogP contribution is 2.38. The summed E-state index contributed by atoms with van der Waals surface area (Å²) in [6, 6.07) is 7.59. The van der Waals surface area contributed by atoms with Crippen LogP contribution in [-0.4, -0.2) is 77.0 Å². The van der Waals surface area contributed by atoms with Crippen LogP contribution in [0.3, 0.4) is 0 Å². The quantitative estimate of drug-likeness (QED) is 0.140. The molecule has 1 unspecified atom stereocenters. The van der Waals surface area contributed by atoms with Crippen molar-refractivity contribution in [3.05, 3.63) is 77.3 Å². The van der Waals surface area contributed by atoms with Crippen molar-refractivity contribution in [2.75, 3.05) is 24.2 Å². The molecule has 0 radical (unpaired) electrons. The zero-order valence-electron chi connectivity index (χ0n) is 28.4. The number of furan rings is 1. The first kappa shape index (κ1) is 36.3. The standard InChI is InChI=1S/C35H44N4O8S/c1-8-28(23-18-36-37-19-23)38(7)16-15-26-27-17-24(11-14-29(27)47-31(26)35(4,5)6)39(30(33(41)42)34(43)44)32(40)22-9-12-25(13-10-22)48(45,46)20-21(2)3/h9-14,17-19,21,28,30H,8,15-16,20H2,1-7H3,(H,36,37)(H,41,42)(H,43,44). The van der Waals surface area contributed by atoms with Crippen LogP contribution >= 0.6 is 0 Å². The summed E-state index contributed by atoms with van der Waals surface area (Å²) in [5.41, 5.74) is 2.00. The summed E-state index contributed by atoms with van der Waals surface area (Å²) in [7, 11) is -1.60. The molecule has 3 N–H and O–H groups in total. The number of aliphatic carboxylic acids is 2. The highest BCUT2D eigenvalue weighted by atomic mass is 32.2. The van der Waals surface area contributed by atoms with Crippen LogP contribution in [0.2, 0.25) is 0 Å². The Labute approximate surface area is 280 Å². The number of rotatable bonds is 14. The number of carboxylic acids is 2. The zero-order valence-corrected chi connectivity index (χ0v) is 29.2. The fraction of sp³-hybridized carbons (Fsp3) is 0.429. The molecular formula is C35H44N4O8S. The first-order valence-electron chi connectivity index (χ1n) is 15.8. The van der Waals surface area contributed by atoms with E-state index in [1.165, 1.54) is 30.3 Å². The van der Waals surface area contributed by atoms with E-state index in [0.717, 1.165) is 23.3 Å². The van der Waals surface area contributed by atoms with E-state index in [-0.39, 0.29) is 33.9 Å². The smallest absolute Gasteiger partial charge is 0.338 e. The Hall–Kier alpha value is -4.49. The predicted molar refractivity (Wildman–Crippen MR) is 182 cm³/mol. The lowest BCUT2D eigenvalue weighted by atomic mass is 9.88. The molecule has 0 aliphatic carbocycles. The molecule has 0 saturated carbocycles. The van der Waals surface area contributed by atoms with Crippen LogP contribution < -0.4 is 4.90 Å². The number of likely N-dealkylation sites (N-methyl/N-ethyl adjacent to an activating group) is 1. The molecule has 1 amide bonds. The second-order valence-electron chi connectivity index (χ2n) is 13.5. The van der Waals surface area contributed by atoms with E-state index in [4.69, 9.17) is 4.42 Å². The normalized spacial score (nSPS) is 13.0. The number of aromatic nitrogens is 2. The van der Waals surface area contributed by atoms with E-state index < -0.39 is 39.1 Å². The average molecular weight is 681 g/mol. The number of carbonyl (C=O) groups is 3. The molecule has 0 aliphatic rings. The van der Waals surface area contributed by atoms with Crippen molar-refractivity contribution >= 4 is 44.3 Å². The van der Waals surface area contributed by atoms with Gasteiger partial charge in [-0.3, -0.25) is 19.7 Å². The second-order valence-corrected chi connectivity index (χ2v) is 15.5. The minimum Gasteiger partial charge on any atom is -0.479 e. The second kappa shape index (κ2) is 14.3. The summed E-state index contributed by atoms with van der Waals surface area (Å²) in [4.78, 5) is 41.6. The number of sulfone groups is 1. The highest BCUT2D eigenvalue weighted by molar-refractivity contribution is 7.91. The number of H-pyrrole nitrogens is 1. The maximum absolute atomic E-state index is 14.0. The van der Waals surface area contributed by atoms with E-state index in [1.807, 2.05) is 34.0 Å². The molecule has 48 heavy (non-hydrogen) atoms. The number of benzene rings is 2. The maximum Gasteiger partial charge on any atom is 0.338 e. The van der Waals surface area contributed by atoms with Crippen molar-refractivity contribution in [2.24, 2.45) is 5.92 Å². The van der Waals surface area contributed by atoms with Crippen molar-refractivity contribution in [3.8, 4) is 0 Å². The van der Waals surface area contributed by atoms with Crippen LogP contribution in [0.25, 0.3) is 11.0 Å². The van der Waals surface area contributed by atoms with Gasteiger partial charge in [0.05, 0.1) is 16.8 Å². The molecule has 13 heteroatoms. The molecule has 2 aromatic heterocycles. The minimum atomic E-state index is -3.62. The number of hydrogen-bond acceptors (Lipinski definition) is 8. The SMILES string of the molecule is CCC(c1cn[nH]c1)N(C)CCc1c(C(C)(C)C)oc2ccc(N(C(=O)c3ccc(S(=O)(=O)CC(C)C)cc3)C(C(=O)O)C(=O)O)cc12. The first-order valence-corrected chi connectivity index (χ1v) is 17.5. The fourth-order valence-corrected chi connectivity index (χ4v) is 7.64. The molecule has 2 aromatic carbocycles. The molecule has 0 aliphatic heterocycles. The molecule has 0 fully saturated rings. The van der Waals surface area contributed by atoms with Crippen LogP contribution in [0.4, 0.5) is 5.69 Å². The molecule has 4 aromatic rings. The molecule has 258 valence electrons. The summed E-state index contributed by atoms with van der Waals surface area (Å²) in [6.45, 7) is 12.3. The van der Waals surface area contributed by atoms with Gasteiger partial charge in [0.15, 0.2) is 9.84 Å². The topological polar surface area (TPSA) is 174 Å². The first-order chi connectivity index (χ1) is 22.5. The highest BCUT2D eigenvalue weighted by Gasteiger charge is 2.38. The summed E-state index contributed by atoms with van der Waals surface area (Å²) in [6.07, 6.45) is 5.08. The summed E-state index contributed by atoms with van der Waals surface area (Å²) >= 11 is 0. The third kappa shape index (κ3) is 7.79. The molecule has 2 heterocycles. The van der Waals surface area contributed by atoms with Crippen molar-refractivity contribution in [1.82, 2.24) is 15.1 Å². The molecule has 4 rings (SSSR count). The summed E-state index contributed by atoms with van der Waals surface area (Å²) in [5, 5.41) is 27.6. The van der Waals surface area contributed by atoms with E-state index in [9.17, 15) is 33.0 Å². The van der Waals surface area contributed by atoms with Gasteiger partial charge in [-0.25, -0.2) is 18.0 Å². The number of nitrogens with zero attached hydrogens (tertiary/aromatic N) is 3. The lowest BCUT2D eigenvalue weighted by Gasteiger charge is -2.27. The van der Waals surface area contributed by atoms with E-state index >= 15 is 0 Å². The Bertz CT molecular complexity index is 1860. The molecule has 0 bridgehead atoms. The Morgan fingerprint density at radius 1 is 1.02 bits per heavy atom. The van der Waals surface area contributed by atoms with E-state index in [2.05, 4.69) is 22.0 Å². The van der Waals surface area contributed by atoms with Gasteiger partial charge in [0.25, 0.3) is 5.91 Å². The molecule has 12 nitrogen and oxygen atoms in total. The van der Waals surface area contributed by atoms with Crippen LogP contribution in [0.1, 0.15) is 81.3 Å². The van der Waals surface area contributed by atoms with Crippen LogP contribution in [0.5, 0.6) is 0 Å². The number of nitrogens with one attached hydrogen (secondary N) is 1. The number of amides is 1. The number of anilines is 1. The number of hydrogen-bond donors (Lipinski definition) is 3. The van der Waals surface area contributed by atoms with Crippen LogP contribution in [0.15, 0.2) is 64.2 Å². The van der Waals surface area contributed by atoms with E-state index in [0.29, 0.717) is 28.8 Å². The predicted octanol–water partition coefficient (Wildman–Crippen LogP) is 5.69. The lowest BCUT2D eigenvalue weighted by Crippen LogP contribution is -2.50. The molecule has 1 atom stereocenters. The maximum atomic E-state index is 14.0. The van der Waals surface area contributed by atoms with Gasteiger partial charge >= 0.3 is 11.9 Å². The molecule has 0 spiro atoms. The van der Waals surface area contributed by atoms with Gasteiger partial charge < -0.3 is 14.6 Å². The Balaban J connectivity index is 1.80. The molecular weight excluding hydrogens is 636 g/mol. The number of aromatic amines is 1. The number of fused-ring (bicyclic) bond motifs is 1. The van der Waals surface area contributed by atoms with Crippen LogP contribution in [0, 0.1) is 5.92 Å². The monoisotopic (exact) mass is 680 g/mol. The Morgan fingerprint density at radius 2 is 1.67 bits per heavy atom. The van der Waals surface area contributed by atoms with Crippen LogP contribution in [-0.2, 0) is 31.3 Å².